The van der Waals surface area contributed by atoms with Gasteiger partial charge in [0.25, 0.3) is 0 Å². The monoisotopic (exact) mass is 297 g/mol. The molecule has 21 heavy (non-hydrogen) atoms. The van der Waals surface area contributed by atoms with Crippen LogP contribution in [0.4, 0.5) is 0 Å². The number of methoxy groups -OCH3 is 1. The van der Waals surface area contributed by atoms with Crippen LogP contribution in [-0.2, 0) is 15.9 Å². The van der Waals surface area contributed by atoms with Crippen LogP contribution in [-0.4, -0.2) is 49.3 Å². The third-order valence-electron chi connectivity index (χ3n) is 3.70. The summed E-state index contributed by atoms with van der Waals surface area (Å²) in [6, 6.07) is 3.01. The normalized spacial score (nSPS) is 14.3. The summed E-state index contributed by atoms with van der Waals surface area (Å²) < 4.78 is 12.6. The van der Waals surface area contributed by atoms with Crippen LogP contribution in [0.2, 0.25) is 0 Å². The number of hydrogen-bond acceptors (Lipinski definition) is 4. The van der Waals surface area contributed by atoms with Gasteiger partial charge in [0, 0.05) is 38.4 Å². The quantitative estimate of drug-likeness (QED) is 0.602. The van der Waals surface area contributed by atoms with Gasteiger partial charge in [-0.1, -0.05) is 13.8 Å². The van der Waals surface area contributed by atoms with E-state index in [0.29, 0.717) is 25.3 Å². The van der Waals surface area contributed by atoms with Crippen molar-refractivity contribution in [3.63, 3.8) is 0 Å². The highest BCUT2D eigenvalue weighted by molar-refractivity contribution is 5.02. The summed E-state index contributed by atoms with van der Waals surface area (Å²) in [5.74, 6) is 0. The number of aromatic nitrogens is 2. The van der Waals surface area contributed by atoms with Crippen LogP contribution in [0.1, 0.15) is 45.3 Å². The van der Waals surface area contributed by atoms with Gasteiger partial charge in [-0.15, -0.1) is 0 Å². The van der Waals surface area contributed by atoms with Crippen molar-refractivity contribution in [2.24, 2.45) is 0 Å². The third-order valence-corrected chi connectivity index (χ3v) is 3.70. The first-order valence-corrected chi connectivity index (χ1v) is 8.05. The van der Waals surface area contributed by atoms with E-state index in [0.717, 1.165) is 38.1 Å². The lowest BCUT2D eigenvalue weighted by atomic mass is 10.1. The fourth-order valence-electron chi connectivity index (χ4n) is 2.21. The van der Waals surface area contributed by atoms with Crippen molar-refractivity contribution < 1.29 is 9.47 Å². The van der Waals surface area contributed by atoms with Gasteiger partial charge in [-0.2, -0.15) is 5.10 Å². The van der Waals surface area contributed by atoms with Crippen molar-refractivity contribution in [2.75, 3.05) is 33.5 Å². The lowest BCUT2D eigenvalue weighted by molar-refractivity contribution is 0.0658. The van der Waals surface area contributed by atoms with Gasteiger partial charge >= 0.3 is 0 Å². The van der Waals surface area contributed by atoms with Crippen molar-refractivity contribution >= 4 is 0 Å². The average Bonchev–Trinajstić information content (AvgIpc) is 2.95. The first-order valence-electron chi connectivity index (χ1n) is 8.05. The molecule has 0 aromatic carbocycles. The van der Waals surface area contributed by atoms with E-state index in [1.807, 2.05) is 0 Å². The summed E-state index contributed by atoms with van der Waals surface area (Å²) >= 11 is 0. The van der Waals surface area contributed by atoms with Crippen LogP contribution in [0.3, 0.4) is 0 Å². The zero-order valence-corrected chi connectivity index (χ0v) is 14.0. The van der Waals surface area contributed by atoms with E-state index in [2.05, 4.69) is 48.1 Å². The Bertz CT molecular complexity index is 368. The van der Waals surface area contributed by atoms with Crippen LogP contribution in [0.5, 0.6) is 0 Å². The Morgan fingerprint density at radius 1 is 1.29 bits per heavy atom. The fraction of sp³-hybridized carbons (Fsp3) is 0.812. The predicted molar refractivity (Wildman–Crippen MR) is 85.7 cm³/mol. The molecule has 1 aromatic rings. The zero-order valence-electron chi connectivity index (χ0n) is 14.0. The Labute approximate surface area is 129 Å². The van der Waals surface area contributed by atoms with Gasteiger partial charge in [-0.05, 0) is 32.4 Å². The van der Waals surface area contributed by atoms with Crippen molar-refractivity contribution in [1.29, 1.82) is 0 Å². The molecule has 1 aromatic heterocycles. The minimum atomic E-state index is 0.415. The molecule has 0 aliphatic rings. The molecule has 1 heterocycles. The van der Waals surface area contributed by atoms with Crippen LogP contribution in [0.15, 0.2) is 12.3 Å². The van der Waals surface area contributed by atoms with E-state index >= 15 is 0 Å². The Morgan fingerprint density at radius 3 is 2.76 bits per heavy atom. The Kier molecular flexibility index (Phi) is 9.30. The molecule has 0 aliphatic carbocycles. The lowest BCUT2D eigenvalue weighted by Gasteiger charge is -2.17. The van der Waals surface area contributed by atoms with Crippen LogP contribution >= 0.6 is 0 Å². The van der Waals surface area contributed by atoms with E-state index in [1.54, 1.807) is 7.11 Å². The molecule has 0 spiro atoms. The average molecular weight is 297 g/mol. The minimum Gasteiger partial charge on any atom is -0.382 e. The summed E-state index contributed by atoms with van der Waals surface area (Å²) in [6.07, 6.45) is 5.13. The molecule has 0 saturated carbocycles. The second-order valence-electron chi connectivity index (χ2n) is 5.40. The summed E-state index contributed by atoms with van der Waals surface area (Å²) in [7, 11) is 1.69. The van der Waals surface area contributed by atoms with E-state index in [-0.39, 0.29) is 0 Å². The maximum atomic E-state index is 5.56. The number of nitrogens with zero attached hydrogens (tertiary/aromatic N) is 2. The molecule has 122 valence electrons. The third kappa shape index (κ3) is 7.07. The lowest BCUT2D eigenvalue weighted by Crippen LogP contribution is -2.32. The molecule has 0 aliphatic heterocycles. The summed E-state index contributed by atoms with van der Waals surface area (Å²) in [6.45, 7) is 9.56. The van der Waals surface area contributed by atoms with E-state index in [9.17, 15) is 0 Å². The van der Waals surface area contributed by atoms with E-state index < -0.39 is 0 Å². The van der Waals surface area contributed by atoms with E-state index in [1.165, 1.54) is 0 Å². The minimum absolute atomic E-state index is 0.415. The second-order valence-corrected chi connectivity index (χ2v) is 5.40. The van der Waals surface area contributed by atoms with Crippen LogP contribution in [0.25, 0.3) is 0 Å². The summed E-state index contributed by atoms with van der Waals surface area (Å²) in [5, 5.41) is 8.19. The molecule has 2 unspecified atom stereocenters. The van der Waals surface area contributed by atoms with Gasteiger partial charge in [-0.25, -0.2) is 0 Å². The highest BCUT2D eigenvalue weighted by atomic mass is 16.5. The zero-order chi connectivity index (χ0) is 15.5. The van der Waals surface area contributed by atoms with E-state index in [4.69, 9.17) is 9.47 Å². The molecule has 1 N–H and O–H groups in total. The first kappa shape index (κ1) is 18.1. The fourth-order valence-corrected chi connectivity index (χ4v) is 2.21. The highest BCUT2D eigenvalue weighted by Crippen LogP contribution is 2.11. The van der Waals surface area contributed by atoms with Gasteiger partial charge in [0.05, 0.1) is 18.9 Å². The van der Waals surface area contributed by atoms with Crippen molar-refractivity contribution in [2.45, 2.75) is 52.1 Å². The number of ether oxygens (including phenoxy) is 2. The van der Waals surface area contributed by atoms with Crippen LogP contribution < -0.4 is 5.32 Å². The van der Waals surface area contributed by atoms with Crippen LogP contribution in [0, 0.1) is 0 Å². The molecular formula is C16H31N3O2. The smallest absolute Gasteiger partial charge is 0.0700 e. The molecule has 1 rings (SSSR count). The molecule has 0 bridgehead atoms. The predicted octanol–water partition coefficient (Wildman–Crippen LogP) is 2.43. The van der Waals surface area contributed by atoms with Gasteiger partial charge in [-0.3, -0.25) is 4.68 Å². The number of hydrogen-bond donors (Lipinski definition) is 1. The Balaban J connectivity index is 2.40. The molecular weight excluding hydrogens is 266 g/mol. The molecule has 5 heteroatoms. The topological polar surface area (TPSA) is 48.3 Å². The molecule has 0 fully saturated rings. The highest BCUT2D eigenvalue weighted by Gasteiger charge is 2.11. The summed E-state index contributed by atoms with van der Waals surface area (Å²) in [4.78, 5) is 0. The largest absolute Gasteiger partial charge is 0.382 e. The Hall–Kier alpha value is -0.910. The maximum Gasteiger partial charge on any atom is 0.0700 e. The van der Waals surface area contributed by atoms with Gasteiger partial charge in [0.2, 0.25) is 0 Å². The maximum absolute atomic E-state index is 5.56. The molecule has 0 radical (unpaired) electrons. The van der Waals surface area contributed by atoms with Crippen molar-refractivity contribution in [3.8, 4) is 0 Å². The molecule has 5 nitrogen and oxygen atoms in total. The van der Waals surface area contributed by atoms with Gasteiger partial charge in [0.15, 0.2) is 0 Å². The molecule has 2 atom stereocenters. The number of rotatable bonds is 12. The number of nitrogens with one attached hydrogen (secondary N) is 1. The Morgan fingerprint density at radius 2 is 2.10 bits per heavy atom. The second kappa shape index (κ2) is 10.8. The molecule has 0 saturated heterocycles. The summed E-state index contributed by atoms with van der Waals surface area (Å²) in [5.41, 5.74) is 1.15. The van der Waals surface area contributed by atoms with Gasteiger partial charge in [0.1, 0.15) is 0 Å². The first-order chi connectivity index (χ1) is 10.2. The number of likely N-dealkylation sites (N-methyl/N-ethyl adjacent to an activating group) is 1. The SMILES string of the molecule is CCNC(CCOCCOC)Cc1ccn(C(C)CC)n1. The van der Waals surface area contributed by atoms with Crippen molar-refractivity contribution in [3.05, 3.63) is 18.0 Å². The van der Waals surface area contributed by atoms with Crippen molar-refractivity contribution in [1.82, 2.24) is 15.1 Å². The standard InChI is InChI=1S/C16H31N3O2/c1-5-14(3)19-9-7-16(18-19)13-15(17-6-2)8-10-21-12-11-20-4/h7,9,14-15,17H,5-6,8,10-13H2,1-4H3. The molecule has 0 amide bonds. The van der Waals surface area contributed by atoms with Gasteiger partial charge < -0.3 is 14.8 Å².